The van der Waals surface area contributed by atoms with Gasteiger partial charge >= 0.3 is 5.97 Å². The van der Waals surface area contributed by atoms with E-state index in [-0.39, 0.29) is 18.7 Å². The molecule has 0 aliphatic carbocycles. The molecule has 1 heterocycles. The fourth-order valence-electron chi connectivity index (χ4n) is 3.86. The Bertz CT molecular complexity index is 896. The van der Waals surface area contributed by atoms with E-state index in [0.717, 1.165) is 0 Å². The maximum atomic E-state index is 13.5. The van der Waals surface area contributed by atoms with E-state index in [9.17, 15) is 34.5 Å². The Balaban J connectivity index is 2.22. The van der Waals surface area contributed by atoms with E-state index in [1.165, 1.54) is 24.0 Å². The van der Waals surface area contributed by atoms with Gasteiger partial charge in [0.15, 0.2) is 6.04 Å². The molecule has 0 saturated carbocycles. The molecule has 1 aliphatic heterocycles. The normalized spacial score (nSPS) is 18.9. The molecule has 0 radical (unpaired) electrons. The van der Waals surface area contributed by atoms with Gasteiger partial charge in [0.25, 0.3) is 0 Å². The van der Waals surface area contributed by atoms with Crippen LogP contribution in [0.4, 0.5) is 0 Å². The van der Waals surface area contributed by atoms with Gasteiger partial charge in [0.1, 0.15) is 17.8 Å². The van der Waals surface area contributed by atoms with Gasteiger partial charge in [-0.3, -0.25) is 14.4 Å². The molecular formula is C23H34N4O7S. The number of benzene rings is 1. The van der Waals surface area contributed by atoms with E-state index in [2.05, 4.69) is 10.6 Å². The number of nitrogens with one attached hydrogen (secondary N) is 2. The molecule has 1 aliphatic rings. The minimum Gasteiger partial charge on any atom is -0.508 e. The van der Waals surface area contributed by atoms with Crippen LogP contribution in [-0.4, -0.2) is 92.7 Å². The lowest BCUT2D eigenvalue weighted by Gasteiger charge is -2.30. The molecule has 35 heavy (non-hydrogen) atoms. The number of hydrogen-bond acceptors (Lipinski definition) is 8. The van der Waals surface area contributed by atoms with E-state index in [1.807, 2.05) is 6.26 Å². The number of rotatable bonds is 12. The first kappa shape index (κ1) is 28.4. The van der Waals surface area contributed by atoms with Crippen molar-refractivity contribution in [1.82, 2.24) is 15.5 Å². The molecular weight excluding hydrogens is 476 g/mol. The lowest BCUT2D eigenvalue weighted by atomic mass is 10.0. The Kier molecular flexibility index (Phi) is 10.8. The average Bonchev–Trinajstić information content (AvgIpc) is 3.30. The predicted molar refractivity (Wildman–Crippen MR) is 131 cm³/mol. The number of aliphatic carboxylic acids is 1. The third-order valence-corrected chi connectivity index (χ3v) is 6.49. The highest BCUT2D eigenvalue weighted by Gasteiger charge is 2.39. The molecule has 1 aromatic rings. The van der Waals surface area contributed by atoms with Crippen LogP contribution in [0.2, 0.25) is 0 Å². The lowest BCUT2D eigenvalue weighted by molar-refractivity contribution is -0.147. The number of hydrogen-bond donors (Lipinski definition) is 6. The van der Waals surface area contributed by atoms with Gasteiger partial charge in [-0.15, -0.1) is 0 Å². The zero-order valence-electron chi connectivity index (χ0n) is 19.8. The van der Waals surface area contributed by atoms with Gasteiger partial charge in [-0.2, -0.15) is 11.8 Å². The summed E-state index contributed by atoms with van der Waals surface area (Å²) in [6.45, 7) is 1.50. The monoisotopic (exact) mass is 510 g/mol. The smallest absolute Gasteiger partial charge is 0.328 e. The number of aromatic hydroxyl groups is 1. The summed E-state index contributed by atoms with van der Waals surface area (Å²) in [5, 5.41) is 33.5. The molecule has 1 aromatic carbocycles. The largest absolute Gasteiger partial charge is 0.508 e. The van der Waals surface area contributed by atoms with Crippen LogP contribution in [0.3, 0.4) is 0 Å². The van der Waals surface area contributed by atoms with Crippen molar-refractivity contribution in [2.45, 2.75) is 62.9 Å². The molecule has 0 aromatic heterocycles. The Morgan fingerprint density at radius 3 is 2.43 bits per heavy atom. The molecule has 0 spiro atoms. The summed E-state index contributed by atoms with van der Waals surface area (Å²) in [4.78, 5) is 51.8. The number of nitrogens with zero attached hydrogens (tertiary/aromatic N) is 1. The maximum Gasteiger partial charge on any atom is 0.328 e. The summed E-state index contributed by atoms with van der Waals surface area (Å²) in [7, 11) is 0. The quantitative estimate of drug-likeness (QED) is 0.215. The first-order valence-electron chi connectivity index (χ1n) is 11.4. The molecule has 3 amide bonds. The van der Waals surface area contributed by atoms with Crippen molar-refractivity contribution in [1.29, 1.82) is 0 Å². The third kappa shape index (κ3) is 8.11. The van der Waals surface area contributed by atoms with Crippen LogP contribution in [-0.2, 0) is 25.6 Å². The zero-order chi connectivity index (χ0) is 26.1. The molecule has 7 N–H and O–H groups in total. The topological polar surface area (TPSA) is 182 Å². The van der Waals surface area contributed by atoms with Gasteiger partial charge in [-0.25, -0.2) is 4.79 Å². The van der Waals surface area contributed by atoms with Crippen LogP contribution in [0.15, 0.2) is 24.3 Å². The molecule has 11 nitrogen and oxygen atoms in total. The summed E-state index contributed by atoms with van der Waals surface area (Å²) in [6.07, 6.45) is 1.94. The van der Waals surface area contributed by atoms with Gasteiger partial charge in [0, 0.05) is 13.0 Å². The Hall–Kier alpha value is -2.83. The molecule has 12 heteroatoms. The van der Waals surface area contributed by atoms with Gasteiger partial charge in [-0.05, 0) is 55.9 Å². The van der Waals surface area contributed by atoms with Crippen LogP contribution in [0.1, 0.15) is 31.7 Å². The van der Waals surface area contributed by atoms with Crippen molar-refractivity contribution in [2.75, 3.05) is 18.6 Å². The maximum absolute atomic E-state index is 13.5. The Morgan fingerprint density at radius 2 is 1.86 bits per heavy atom. The van der Waals surface area contributed by atoms with Gasteiger partial charge in [-0.1, -0.05) is 12.1 Å². The second-order valence-electron chi connectivity index (χ2n) is 8.57. The highest BCUT2D eigenvalue weighted by molar-refractivity contribution is 7.98. The summed E-state index contributed by atoms with van der Waals surface area (Å²) >= 11 is 1.55. The van der Waals surface area contributed by atoms with Crippen LogP contribution in [0, 0.1) is 0 Å². The first-order chi connectivity index (χ1) is 16.5. The van der Waals surface area contributed by atoms with Gasteiger partial charge in [0.2, 0.25) is 17.7 Å². The van der Waals surface area contributed by atoms with Crippen molar-refractivity contribution in [3.8, 4) is 5.75 Å². The number of carboxylic acid groups (broad SMARTS) is 1. The Labute approximate surface area is 208 Å². The lowest BCUT2D eigenvalue weighted by Crippen LogP contribution is -2.58. The number of aliphatic hydroxyl groups is 1. The highest BCUT2D eigenvalue weighted by Crippen LogP contribution is 2.21. The number of carbonyl (C=O) groups excluding carboxylic acids is 3. The molecule has 5 unspecified atom stereocenters. The minimum atomic E-state index is -1.51. The van der Waals surface area contributed by atoms with E-state index >= 15 is 0 Å². The van der Waals surface area contributed by atoms with E-state index in [1.54, 1.807) is 23.9 Å². The van der Waals surface area contributed by atoms with E-state index in [0.29, 0.717) is 30.6 Å². The third-order valence-electron chi connectivity index (χ3n) is 5.85. The summed E-state index contributed by atoms with van der Waals surface area (Å²) in [6, 6.07) is 1.92. The number of phenols is 1. The Morgan fingerprint density at radius 1 is 1.20 bits per heavy atom. The first-order valence-corrected chi connectivity index (χ1v) is 12.8. The molecule has 5 atom stereocenters. The van der Waals surface area contributed by atoms with Crippen molar-refractivity contribution in [3.05, 3.63) is 29.8 Å². The predicted octanol–water partition coefficient (Wildman–Crippen LogP) is -0.559. The number of phenolic OH excluding ortho intramolecular Hbond substituents is 1. The van der Waals surface area contributed by atoms with Crippen molar-refractivity contribution >= 4 is 35.5 Å². The molecule has 2 rings (SSSR count). The van der Waals surface area contributed by atoms with Crippen LogP contribution < -0.4 is 16.4 Å². The fraction of sp³-hybridized carbons (Fsp3) is 0.565. The second-order valence-corrected chi connectivity index (χ2v) is 9.56. The van der Waals surface area contributed by atoms with Gasteiger partial charge < -0.3 is 36.6 Å². The highest BCUT2D eigenvalue weighted by atomic mass is 32.2. The number of thioether (sulfide) groups is 1. The van der Waals surface area contributed by atoms with Crippen LogP contribution in [0.25, 0.3) is 0 Å². The summed E-state index contributed by atoms with van der Waals surface area (Å²) < 4.78 is 0. The summed E-state index contributed by atoms with van der Waals surface area (Å²) in [5.74, 6) is -2.33. The molecule has 194 valence electrons. The number of amides is 3. The summed E-state index contributed by atoms with van der Waals surface area (Å²) in [5.41, 5.74) is 6.66. The molecule has 1 fully saturated rings. The standard InChI is InChI=1S/C23H34N4O7S/c1-13(28)19(23(33)34)26-21(31)18-4-3-10-27(18)22(32)17(12-14-5-7-15(29)8-6-14)25-20(30)16(24)9-11-35-2/h5-8,13,16-19,28-29H,3-4,9-12,24H2,1-2H3,(H,25,30)(H,26,31)(H,33,34). The molecule has 1 saturated heterocycles. The number of carbonyl (C=O) groups is 4. The van der Waals surface area contributed by atoms with Gasteiger partial charge in [0.05, 0.1) is 12.1 Å². The number of likely N-dealkylation sites (tertiary alicyclic amines) is 1. The minimum absolute atomic E-state index is 0.0575. The van der Waals surface area contributed by atoms with E-state index < -0.39 is 54.0 Å². The van der Waals surface area contributed by atoms with Crippen molar-refractivity contribution in [3.63, 3.8) is 0 Å². The zero-order valence-corrected chi connectivity index (χ0v) is 20.7. The fourth-order valence-corrected chi connectivity index (χ4v) is 4.35. The number of nitrogens with two attached hydrogens (primary N) is 1. The SMILES string of the molecule is CSCCC(N)C(=O)NC(Cc1ccc(O)cc1)C(=O)N1CCCC1C(=O)NC(C(=O)O)C(C)O. The second kappa shape index (κ2) is 13.3. The molecule has 0 bridgehead atoms. The van der Waals surface area contributed by atoms with Crippen LogP contribution >= 0.6 is 11.8 Å². The average molecular weight is 511 g/mol. The van der Waals surface area contributed by atoms with Crippen molar-refractivity contribution in [2.24, 2.45) is 5.73 Å². The van der Waals surface area contributed by atoms with Crippen molar-refractivity contribution < 1.29 is 34.5 Å². The van der Waals surface area contributed by atoms with E-state index in [4.69, 9.17) is 5.73 Å². The number of aliphatic hydroxyl groups excluding tert-OH is 1. The van der Waals surface area contributed by atoms with Crippen LogP contribution in [0.5, 0.6) is 5.75 Å². The number of carboxylic acids is 1.